The van der Waals surface area contributed by atoms with Crippen LogP contribution in [0.4, 0.5) is 0 Å². The van der Waals surface area contributed by atoms with Gasteiger partial charge in [-0.1, -0.05) is 0 Å². The Morgan fingerprint density at radius 1 is 0.594 bits per heavy atom. The van der Waals surface area contributed by atoms with Crippen molar-refractivity contribution in [3.8, 4) is 11.4 Å². The third-order valence-electron chi connectivity index (χ3n) is 4.08. The molecule has 0 fully saturated rings. The highest BCUT2D eigenvalue weighted by Crippen LogP contribution is 2.29. The zero-order valence-corrected chi connectivity index (χ0v) is 18.3. The Balaban J connectivity index is 2.86. The maximum Gasteiger partial charge on any atom is 0.341 e. The van der Waals surface area contributed by atoms with Crippen LogP contribution in [0.2, 0.25) is 0 Å². The molecule has 0 aliphatic carbocycles. The van der Waals surface area contributed by atoms with Gasteiger partial charge in [0.15, 0.2) is 0 Å². The molecular formula is C22H24N2O8. The zero-order valence-electron chi connectivity index (χ0n) is 18.3. The van der Waals surface area contributed by atoms with Gasteiger partial charge in [0.25, 0.3) is 0 Å². The molecule has 0 aromatic carbocycles. The Kier molecular flexibility index (Phi) is 8.82. The van der Waals surface area contributed by atoms with E-state index in [0.29, 0.717) is 0 Å². The molecule has 0 spiro atoms. The molecule has 2 rings (SSSR count). The van der Waals surface area contributed by atoms with E-state index >= 15 is 0 Å². The molecule has 2 aromatic heterocycles. The maximum absolute atomic E-state index is 12.8. The third-order valence-corrected chi connectivity index (χ3v) is 4.08. The van der Waals surface area contributed by atoms with Gasteiger partial charge >= 0.3 is 23.9 Å². The molecule has 0 amide bonds. The molecule has 0 atom stereocenters. The first-order chi connectivity index (χ1) is 15.4. The highest BCUT2D eigenvalue weighted by molar-refractivity contribution is 6.11. The minimum atomic E-state index is -0.864. The Morgan fingerprint density at radius 2 is 0.906 bits per heavy atom. The van der Waals surface area contributed by atoms with Crippen molar-refractivity contribution >= 4 is 23.9 Å². The smallest absolute Gasteiger partial charge is 0.341 e. The molecule has 0 aliphatic rings. The summed E-state index contributed by atoms with van der Waals surface area (Å²) in [6.07, 6.45) is 2.52. The number of carbonyl (C=O) groups excluding carboxylic acids is 4. The molecule has 0 radical (unpaired) electrons. The number of carbonyl (C=O) groups is 4. The van der Waals surface area contributed by atoms with E-state index in [0.717, 1.165) is 0 Å². The van der Waals surface area contributed by atoms with Crippen molar-refractivity contribution in [1.82, 2.24) is 9.97 Å². The van der Waals surface area contributed by atoms with Gasteiger partial charge in [-0.05, 0) is 39.8 Å². The van der Waals surface area contributed by atoms with Crippen LogP contribution in [0.5, 0.6) is 0 Å². The van der Waals surface area contributed by atoms with Crippen LogP contribution in [-0.2, 0) is 18.9 Å². The highest BCUT2D eigenvalue weighted by Gasteiger charge is 2.31. The fourth-order valence-corrected chi connectivity index (χ4v) is 2.86. The number of nitrogens with zero attached hydrogens (tertiary/aromatic N) is 2. The maximum atomic E-state index is 12.8. The summed E-state index contributed by atoms with van der Waals surface area (Å²) in [5.74, 6) is -3.29. The second-order valence-electron chi connectivity index (χ2n) is 6.05. The van der Waals surface area contributed by atoms with Crippen LogP contribution in [0.25, 0.3) is 11.4 Å². The van der Waals surface area contributed by atoms with Crippen molar-refractivity contribution in [3.05, 3.63) is 46.8 Å². The van der Waals surface area contributed by atoms with Crippen molar-refractivity contribution in [2.24, 2.45) is 0 Å². The number of pyridine rings is 2. The molecule has 0 saturated carbocycles. The first-order valence-corrected chi connectivity index (χ1v) is 10.1. The van der Waals surface area contributed by atoms with E-state index in [1.807, 2.05) is 0 Å². The van der Waals surface area contributed by atoms with E-state index in [9.17, 15) is 19.2 Å². The van der Waals surface area contributed by atoms with Gasteiger partial charge in [-0.2, -0.15) is 0 Å². The lowest BCUT2D eigenvalue weighted by molar-refractivity contribution is 0.0476. The number of rotatable bonds is 9. The van der Waals surface area contributed by atoms with Gasteiger partial charge in [-0.25, -0.2) is 19.2 Å². The Bertz CT molecular complexity index is 937. The van der Waals surface area contributed by atoms with E-state index in [4.69, 9.17) is 18.9 Å². The fourth-order valence-electron chi connectivity index (χ4n) is 2.86. The van der Waals surface area contributed by atoms with Gasteiger partial charge in [0.2, 0.25) is 0 Å². The van der Waals surface area contributed by atoms with Crippen LogP contribution < -0.4 is 0 Å². The summed E-state index contributed by atoms with van der Waals surface area (Å²) in [7, 11) is 0. The predicted octanol–water partition coefficient (Wildman–Crippen LogP) is 2.85. The minimum absolute atomic E-state index is 0.0243. The number of hydrogen-bond acceptors (Lipinski definition) is 10. The SMILES string of the molecule is CCOC(=O)c1ccnc(-c2nccc(C(=O)OCC)c2C(=O)OCC)c1C(=O)OCC. The van der Waals surface area contributed by atoms with Crippen LogP contribution >= 0.6 is 0 Å². The molecule has 10 heteroatoms. The van der Waals surface area contributed by atoms with Gasteiger partial charge in [0, 0.05) is 12.4 Å². The molecule has 0 bridgehead atoms. The van der Waals surface area contributed by atoms with Crippen LogP contribution in [0, 0.1) is 0 Å². The quantitative estimate of drug-likeness (QED) is 0.420. The topological polar surface area (TPSA) is 131 Å². The van der Waals surface area contributed by atoms with E-state index in [2.05, 4.69) is 9.97 Å². The third kappa shape index (κ3) is 5.26. The van der Waals surface area contributed by atoms with E-state index in [-0.39, 0.29) is 60.1 Å². The predicted molar refractivity (Wildman–Crippen MR) is 111 cm³/mol. The van der Waals surface area contributed by atoms with Gasteiger partial charge in [-0.15, -0.1) is 0 Å². The highest BCUT2D eigenvalue weighted by atomic mass is 16.5. The first kappa shape index (κ1) is 24.4. The van der Waals surface area contributed by atoms with Crippen molar-refractivity contribution in [3.63, 3.8) is 0 Å². The normalized spacial score (nSPS) is 10.2. The van der Waals surface area contributed by atoms with Gasteiger partial charge in [-0.3, -0.25) is 9.97 Å². The summed E-state index contributed by atoms with van der Waals surface area (Å²) in [4.78, 5) is 58.9. The molecule has 2 aromatic rings. The molecule has 2 heterocycles. The minimum Gasteiger partial charge on any atom is -0.462 e. The molecule has 0 N–H and O–H groups in total. The number of ether oxygens (including phenoxy) is 4. The molecule has 0 aliphatic heterocycles. The van der Waals surface area contributed by atoms with Gasteiger partial charge in [0.1, 0.15) is 22.5 Å². The van der Waals surface area contributed by atoms with E-state index in [1.165, 1.54) is 24.5 Å². The molecule has 10 nitrogen and oxygen atoms in total. The van der Waals surface area contributed by atoms with Crippen molar-refractivity contribution in [2.45, 2.75) is 27.7 Å². The molecule has 170 valence electrons. The van der Waals surface area contributed by atoms with Crippen molar-refractivity contribution in [1.29, 1.82) is 0 Å². The van der Waals surface area contributed by atoms with E-state index in [1.54, 1.807) is 27.7 Å². The fraction of sp³-hybridized carbons (Fsp3) is 0.364. The Hall–Kier alpha value is -3.82. The number of hydrogen-bond donors (Lipinski definition) is 0. The monoisotopic (exact) mass is 444 g/mol. The second-order valence-corrected chi connectivity index (χ2v) is 6.05. The van der Waals surface area contributed by atoms with E-state index < -0.39 is 23.9 Å². The lowest BCUT2D eigenvalue weighted by Gasteiger charge is -2.15. The number of aromatic nitrogens is 2. The van der Waals surface area contributed by atoms with Gasteiger partial charge in [0.05, 0.1) is 37.6 Å². The Labute approximate surface area is 184 Å². The largest absolute Gasteiger partial charge is 0.462 e. The zero-order chi connectivity index (χ0) is 23.7. The first-order valence-electron chi connectivity index (χ1n) is 10.1. The average molecular weight is 444 g/mol. The summed E-state index contributed by atoms with van der Waals surface area (Å²) in [5.41, 5.74) is -0.994. The van der Waals surface area contributed by atoms with Gasteiger partial charge < -0.3 is 18.9 Å². The second kappa shape index (κ2) is 11.5. The van der Waals surface area contributed by atoms with Crippen LogP contribution in [-0.4, -0.2) is 60.3 Å². The Morgan fingerprint density at radius 3 is 1.22 bits per heavy atom. The summed E-state index contributed by atoms with van der Waals surface area (Å²) in [6.45, 7) is 6.63. The lowest BCUT2D eigenvalue weighted by Crippen LogP contribution is -2.20. The molecule has 0 saturated heterocycles. The average Bonchev–Trinajstić information content (AvgIpc) is 2.78. The lowest BCUT2D eigenvalue weighted by atomic mass is 9.98. The molecule has 0 unspecified atom stereocenters. The summed E-state index contributed by atoms with van der Waals surface area (Å²) < 4.78 is 20.3. The van der Waals surface area contributed by atoms with Crippen LogP contribution in [0.15, 0.2) is 24.5 Å². The van der Waals surface area contributed by atoms with Crippen molar-refractivity contribution in [2.75, 3.05) is 26.4 Å². The van der Waals surface area contributed by atoms with Crippen LogP contribution in [0.1, 0.15) is 69.1 Å². The summed E-state index contributed by atoms with van der Waals surface area (Å²) in [6, 6.07) is 2.60. The van der Waals surface area contributed by atoms with Crippen molar-refractivity contribution < 1.29 is 38.1 Å². The summed E-state index contributed by atoms with van der Waals surface area (Å²) >= 11 is 0. The standard InChI is InChI=1S/C22H24N2O8/c1-5-29-19(25)13-9-11-23-17(15(13)21(27)31-7-3)18-16(22(28)32-8-4)14(10-12-24-18)20(26)30-6-2/h9-12H,5-8H2,1-4H3. The molecule has 32 heavy (non-hydrogen) atoms. The summed E-state index contributed by atoms with van der Waals surface area (Å²) in [5, 5.41) is 0. The number of esters is 4. The molecular weight excluding hydrogens is 420 g/mol. The van der Waals surface area contributed by atoms with Crippen LogP contribution in [0.3, 0.4) is 0 Å².